The van der Waals surface area contributed by atoms with Crippen LogP contribution in [0.4, 0.5) is 10.1 Å². The minimum Gasteiger partial charge on any atom is -0.319 e. The van der Waals surface area contributed by atoms with Gasteiger partial charge in [-0.2, -0.15) is 0 Å². The van der Waals surface area contributed by atoms with Crippen LogP contribution in [-0.2, 0) is 19.5 Å². The van der Waals surface area contributed by atoms with E-state index in [1.807, 2.05) is 6.92 Å². The van der Waals surface area contributed by atoms with Gasteiger partial charge in [-0.15, -0.1) is 0 Å². The number of H-pyrrole nitrogens is 1. The van der Waals surface area contributed by atoms with Crippen molar-refractivity contribution in [3.63, 3.8) is 0 Å². The quantitative estimate of drug-likeness (QED) is 0.619. The fourth-order valence-electron chi connectivity index (χ4n) is 3.55. The first-order valence-corrected chi connectivity index (χ1v) is 9.44. The molecule has 2 aromatic heterocycles. The van der Waals surface area contributed by atoms with Gasteiger partial charge in [0.15, 0.2) is 0 Å². The molecule has 4 rings (SSSR count). The standard InChI is InChI=1S/C20H20FN5O3/c1-2-7-26-17-14(19(28)25-20(26)29)8-12(10-23-17)18(27)24-15-4-3-11-9-22-6-5-13(11)16(15)21/h3-4,8,10,22H,2,5-7,9H2,1H3,(H,24,27)(H,25,28,29). The first kappa shape index (κ1) is 19.0. The number of amides is 1. The normalized spacial score (nSPS) is 13.3. The second-order valence-corrected chi connectivity index (χ2v) is 6.95. The van der Waals surface area contributed by atoms with E-state index in [4.69, 9.17) is 0 Å². The lowest BCUT2D eigenvalue weighted by molar-refractivity contribution is 0.102. The first-order chi connectivity index (χ1) is 14.0. The van der Waals surface area contributed by atoms with Gasteiger partial charge in [0.1, 0.15) is 11.5 Å². The summed E-state index contributed by atoms with van der Waals surface area (Å²) in [5.41, 5.74) is 0.707. The lowest BCUT2D eigenvalue weighted by Gasteiger charge is -2.19. The molecular formula is C20H20FN5O3. The lowest BCUT2D eigenvalue weighted by atomic mass is 9.99. The van der Waals surface area contributed by atoms with Gasteiger partial charge in [0.05, 0.1) is 16.6 Å². The Morgan fingerprint density at radius 1 is 1.34 bits per heavy atom. The Labute approximate surface area is 164 Å². The number of carbonyl (C=O) groups is 1. The summed E-state index contributed by atoms with van der Waals surface area (Å²) in [6.45, 7) is 3.56. The largest absolute Gasteiger partial charge is 0.329 e. The number of hydrogen-bond acceptors (Lipinski definition) is 5. The molecule has 1 aliphatic rings. The number of nitrogens with one attached hydrogen (secondary N) is 3. The smallest absolute Gasteiger partial charge is 0.319 e. The highest BCUT2D eigenvalue weighted by Crippen LogP contribution is 2.25. The molecule has 0 aliphatic carbocycles. The van der Waals surface area contributed by atoms with E-state index in [1.54, 1.807) is 6.07 Å². The zero-order valence-electron chi connectivity index (χ0n) is 15.8. The molecule has 9 heteroatoms. The summed E-state index contributed by atoms with van der Waals surface area (Å²) in [6.07, 6.45) is 2.51. The van der Waals surface area contributed by atoms with Crippen LogP contribution in [0.15, 0.2) is 34.0 Å². The molecule has 150 valence electrons. The van der Waals surface area contributed by atoms with Gasteiger partial charge < -0.3 is 10.6 Å². The van der Waals surface area contributed by atoms with Gasteiger partial charge in [0.25, 0.3) is 11.5 Å². The topological polar surface area (TPSA) is 109 Å². The number of benzene rings is 1. The van der Waals surface area contributed by atoms with Crippen LogP contribution in [0.25, 0.3) is 11.0 Å². The predicted molar refractivity (Wildman–Crippen MR) is 107 cm³/mol. The van der Waals surface area contributed by atoms with Crippen molar-refractivity contribution < 1.29 is 9.18 Å². The number of aromatic nitrogens is 3. The van der Waals surface area contributed by atoms with Crippen molar-refractivity contribution in [3.8, 4) is 0 Å². The number of hydrogen-bond donors (Lipinski definition) is 3. The molecule has 0 atom stereocenters. The number of aryl methyl sites for hydroxylation is 1. The highest BCUT2D eigenvalue weighted by Gasteiger charge is 2.19. The van der Waals surface area contributed by atoms with Crippen LogP contribution < -0.4 is 21.9 Å². The van der Waals surface area contributed by atoms with E-state index < -0.39 is 23.0 Å². The van der Waals surface area contributed by atoms with E-state index in [2.05, 4.69) is 20.6 Å². The molecule has 0 fully saturated rings. The fraction of sp³-hybridized carbons (Fsp3) is 0.300. The molecule has 0 spiro atoms. The average molecular weight is 397 g/mol. The Morgan fingerprint density at radius 3 is 2.97 bits per heavy atom. The highest BCUT2D eigenvalue weighted by atomic mass is 19.1. The molecule has 0 saturated heterocycles. The van der Waals surface area contributed by atoms with Gasteiger partial charge >= 0.3 is 5.69 Å². The Hall–Kier alpha value is -3.33. The molecule has 3 aromatic rings. The average Bonchev–Trinajstić information content (AvgIpc) is 2.73. The summed E-state index contributed by atoms with van der Waals surface area (Å²) in [5, 5.41) is 5.86. The summed E-state index contributed by atoms with van der Waals surface area (Å²) in [4.78, 5) is 43.3. The number of nitrogens with zero attached hydrogens (tertiary/aromatic N) is 2. The number of anilines is 1. The Morgan fingerprint density at radius 2 is 2.17 bits per heavy atom. The minimum absolute atomic E-state index is 0.0839. The monoisotopic (exact) mass is 397 g/mol. The zero-order valence-corrected chi connectivity index (χ0v) is 15.8. The predicted octanol–water partition coefficient (Wildman–Crippen LogP) is 1.53. The highest BCUT2D eigenvalue weighted by molar-refractivity contribution is 6.05. The molecule has 0 unspecified atom stereocenters. The molecule has 29 heavy (non-hydrogen) atoms. The van der Waals surface area contributed by atoms with E-state index in [-0.39, 0.29) is 22.3 Å². The molecule has 3 heterocycles. The van der Waals surface area contributed by atoms with E-state index in [1.165, 1.54) is 22.9 Å². The lowest BCUT2D eigenvalue weighted by Crippen LogP contribution is -2.31. The molecule has 0 saturated carbocycles. The Balaban J connectivity index is 1.69. The summed E-state index contributed by atoms with van der Waals surface area (Å²) in [7, 11) is 0. The summed E-state index contributed by atoms with van der Waals surface area (Å²) in [6, 6.07) is 4.68. The molecule has 1 aromatic carbocycles. The number of pyridine rings is 1. The molecule has 0 bridgehead atoms. The van der Waals surface area contributed by atoms with Gasteiger partial charge in [-0.05, 0) is 42.6 Å². The summed E-state index contributed by atoms with van der Waals surface area (Å²) >= 11 is 0. The van der Waals surface area contributed by atoms with Crippen LogP contribution >= 0.6 is 0 Å². The van der Waals surface area contributed by atoms with Crippen molar-refractivity contribution in [1.82, 2.24) is 19.9 Å². The van der Waals surface area contributed by atoms with Crippen molar-refractivity contribution >= 4 is 22.6 Å². The number of fused-ring (bicyclic) bond motifs is 2. The first-order valence-electron chi connectivity index (χ1n) is 9.44. The van der Waals surface area contributed by atoms with Gasteiger partial charge in [0.2, 0.25) is 0 Å². The van der Waals surface area contributed by atoms with Crippen LogP contribution in [0.1, 0.15) is 34.8 Å². The van der Waals surface area contributed by atoms with Crippen molar-refractivity contribution in [1.29, 1.82) is 0 Å². The van der Waals surface area contributed by atoms with Gasteiger partial charge in [-0.25, -0.2) is 14.2 Å². The molecule has 1 aliphatic heterocycles. The number of carbonyl (C=O) groups excluding carboxylic acids is 1. The van der Waals surface area contributed by atoms with Crippen LogP contribution in [0.3, 0.4) is 0 Å². The Kier molecular flexibility index (Phi) is 4.98. The molecule has 1 amide bonds. The van der Waals surface area contributed by atoms with Crippen LogP contribution in [-0.4, -0.2) is 27.0 Å². The van der Waals surface area contributed by atoms with E-state index in [0.717, 1.165) is 5.56 Å². The van der Waals surface area contributed by atoms with Crippen molar-refractivity contribution in [2.75, 3.05) is 11.9 Å². The number of rotatable bonds is 4. The van der Waals surface area contributed by atoms with Crippen molar-refractivity contribution in [2.45, 2.75) is 32.9 Å². The van der Waals surface area contributed by atoms with E-state index in [0.29, 0.717) is 38.0 Å². The van der Waals surface area contributed by atoms with Crippen LogP contribution in [0, 0.1) is 5.82 Å². The van der Waals surface area contributed by atoms with E-state index in [9.17, 15) is 18.8 Å². The number of halogens is 1. The van der Waals surface area contributed by atoms with Crippen molar-refractivity contribution in [3.05, 3.63) is 67.7 Å². The van der Waals surface area contributed by atoms with Gasteiger partial charge in [0, 0.05) is 19.3 Å². The minimum atomic E-state index is -0.619. The Bertz CT molecular complexity index is 1230. The van der Waals surface area contributed by atoms with Gasteiger partial charge in [-0.1, -0.05) is 13.0 Å². The van der Waals surface area contributed by atoms with Gasteiger partial charge in [-0.3, -0.25) is 19.1 Å². The summed E-state index contributed by atoms with van der Waals surface area (Å²) in [5.74, 6) is -1.03. The molecule has 8 nitrogen and oxygen atoms in total. The summed E-state index contributed by atoms with van der Waals surface area (Å²) < 4.78 is 16.1. The third kappa shape index (κ3) is 3.44. The maximum Gasteiger partial charge on any atom is 0.329 e. The van der Waals surface area contributed by atoms with Crippen LogP contribution in [0.2, 0.25) is 0 Å². The fourth-order valence-corrected chi connectivity index (χ4v) is 3.55. The third-order valence-electron chi connectivity index (χ3n) is 5.00. The second kappa shape index (κ2) is 7.59. The number of aromatic amines is 1. The zero-order chi connectivity index (χ0) is 20.5. The second-order valence-electron chi connectivity index (χ2n) is 6.95. The molecule has 3 N–H and O–H groups in total. The van der Waals surface area contributed by atoms with Crippen LogP contribution in [0.5, 0.6) is 0 Å². The SMILES string of the molecule is CCCn1c(=O)[nH]c(=O)c2cc(C(=O)Nc3ccc4c(c3F)CCNC4)cnc21. The molecular weight excluding hydrogens is 377 g/mol. The van der Waals surface area contributed by atoms with Crippen molar-refractivity contribution in [2.24, 2.45) is 0 Å². The third-order valence-corrected chi connectivity index (χ3v) is 5.00. The molecule has 0 radical (unpaired) electrons. The maximum atomic E-state index is 14.8. The maximum absolute atomic E-state index is 14.8. The van der Waals surface area contributed by atoms with E-state index >= 15 is 0 Å².